The molecule has 1 fully saturated rings. The average molecular weight is 452 g/mol. The summed E-state index contributed by atoms with van der Waals surface area (Å²) in [5, 5.41) is 12.3. The predicted octanol–water partition coefficient (Wildman–Crippen LogP) is 4.69. The van der Waals surface area contributed by atoms with E-state index in [1.165, 1.54) is 17.3 Å². The van der Waals surface area contributed by atoms with Gasteiger partial charge in [-0.2, -0.15) is 0 Å². The highest BCUT2D eigenvalue weighted by molar-refractivity contribution is 8.00. The maximum absolute atomic E-state index is 12.9. The fourth-order valence-corrected chi connectivity index (χ4v) is 4.50. The number of hydrogen-bond acceptors (Lipinski definition) is 6. The second-order valence-electron chi connectivity index (χ2n) is 7.85. The van der Waals surface area contributed by atoms with Gasteiger partial charge in [-0.05, 0) is 70.0 Å². The maximum Gasteiger partial charge on any atom is 0.237 e. The Bertz CT molecular complexity index is 1040. The Morgan fingerprint density at radius 1 is 1.09 bits per heavy atom. The number of carbonyl (C=O) groups excluding carboxylic acids is 1. The van der Waals surface area contributed by atoms with Crippen molar-refractivity contribution in [2.45, 2.75) is 44.0 Å². The number of thioether (sulfide) groups is 1. The maximum atomic E-state index is 12.9. The topological polar surface area (TPSA) is 72.3 Å². The fraction of sp³-hybridized carbons (Fsp3) is 0.375. The molecule has 3 aromatic rings. The van der Waals surface area contributed by atoms with Gasteiger partial charge in [0.05, 0.1) is 17.5 Å². The van der Waals surface area contributed by atoms with Crippen molar-refractivity contribution in [3.63, 3.8) is 0 Å². The van der Waals surface area contributed by atoms with Crippen molar-refractivity contribution in [1.29, 1.82) is 0 Å². The van der Waals surface area contributed by atoms with E-state index in [4.69, 9.17) is 4.74 Å². The standard InChI is InChI=1S/C24H29N5O2S/c1-4-31-21-13-9-19(10-14-21)25-22(30)18(3)32-24-27-26-23(28-15-5-6-16-28)29(24)20-11-7-17(2)8-12-20/h7-14,18H,4-6,15-16H2,1-3H3,(H,25,30). The van der Waals surface area contributed by atoms with Crippen molar-refractivity contribution in [1.82, 2.24) is 14.8 Å². The first-order valence-electron chi connectivity index (χ1n) is 11.0. The summed E-state index contributed by atoms with van der Waals surface area (Å²) < 4.78 is 7.53. The van der Waals surface area contributed by atoms with Crippen LogP contribution in [0.3, 0.4) is 0 Å². The third kappa shape index (κ3) is 5.07. The number of nitrogens with one attached hydrogen (secondary N) is 1. The molecular formula is C24H29N5O2S. The van der Waals surface area contributed by atoms with Gasteiger partial charge in [0, 0.05) is 18.8 Å². The van der Waals surface area contributed by atoms with Crippen LogP contribution in [0.15, 0.2) is 53.7 Å². The molecule has 168 valence electrons. The minimum absolute atomic E-state index is 0.0830. The summed E-state index contributed by atoms with van der Waals surface area (Å²) in [5.74, 6) is 1.54. The number of nitrogens with zero attached hydrogens (tertiary/aromatic N) is 4. The Morgan fingerprint density at radius 3 is 2.44 bits per heavy atom. The Labute approximate surface area is 193 Å². The molecule has 0 spiro atoms. The minimum atomic E-state index is -0.346. The van der Waals surface area contributed by atoms with E-state index in [-0.39, 0.29) is 11.2 Å². The SMILES string of the molecule is CCOc1ccc(NC(=O)C(C)Sc2nnc(N3CCCC3)n2-c2ccc(C)cc2)cc1. The number of rotatable bonds is 8. The van der Waals surface area contributed by atoms with Crippen molar-refractivity contribution in [3.8, 4) is 11.4 Å². The van der Waals surface area contributed by atoms with E-state index >= 15 is 0 Å². The molecule has 1 N–H and O–H groups in total. The number of aryl methyl sites for hydroxylation is 1. The molecule has 0 bridgehead atoms. The number of anilines is 2. The summed E-state index contributed by atoms with van der Waals surface area (Å²) in [6.45, 7) is 8.46. The predicted molar refractivity (Wildman–Crippen MR) is 129 cm³/mol. The molecule has 32 heavy (non-hydrogen) atoms. The van der Waals surface area contributed by atoms with Crippen molar-refractivity contribution in [3.05, 3.63) is 54.1 Å². The van der Waals surface area contributed by atoms with E-state index < -0.39 is 0 Å². The first-order chi connectivity index (χ1) is 15.5. The molecule has 2 aromatic carbocycles. The monoisotopic (exact) mass is 451 g/mol. The summed E-state index contributed by atoms with van der Waals surface area (Å²) in [7, 11) is 0. The number of amides is 1. The van der Waals surface area contributed by atoms with Gasteiger partial charge in [0.25, 0.3) is 0 Å². The van der Waals surface area contributed by atoms with E-state index in [1.54, 1.807) is 0 Å². The highest BCUT2D eigenvalue weighted by Gasteiger charge is 2.25. The van der Waals surface area contributed by atoms with Crippen LogP contribution in [0.4, 0.5) is 11.6 Å². The van der Waals surface area contributed by atoms with E-state index in [2.05, 4.69) is 56.2 Å². The Kier molecular flexibility index (Phi) is 6.99. The van der Waals surface area contributed by atoms with Crippen LogP contribution in [0.1, 0.15) is 32.3 Å². The first kappa shape index (κ1) is 22.2. The van der Waals surface area contributed by atoms with Gasteiger partial charge in [0.15, 0.2) is 5.16 Å². The molecule has 0 radical (unpaired) electrons. The molecule has 1 amide bonds. The van der Waals surface area contributed by atoms with Gasteiger partial charge in [-0.1, -0.05) is 29.5 Å². The van der Waals surface area contributed by atoms with Crippen LogP contribution in [0, 0.1) is 6.92 Å². The fourth-order valence-electron chi connectivity index (χ4n) is 3.64. The van der Waals surface area contributed by atoms with Gasteiger partial charge in [0.1, 0.15) is 5.75 Å². The zero-order valence-electron chi connectivity index (χ0n) is 18.7. The van der Waals surface area contributed by atoms with Crippen molar-refractivity contribution < 1.29 is 9.53 Å². The van der Waals surface area contributed by atoms with E-state index in [9.17, 15) is 4.79 Å². The summed E-state index contributed by atoms with van der Waals surface area (Å²) in [6, 6.07) is 15.7. The number of hydrogen-bond donors (Lipinski definition) is 1. The molecule has 4 rings (SSSR count). The molecular weight excluding hydrogens is 422 g/mol. The number of aromatic nitrogens is 3. The average Bonchev–Trinajstić information content (AvgIpc) is 3.46. The molecule has 1 aliphatic heterocycles. The molecule has 1 saturated heterocycles. The highest BCUT2D eigenvalue weighted by atomic mass is 32.2. The lowest BCUT2D eigenvalue weighted by atomic mass is 10.2. The molecule has 0 aliphatic carbocycles. The lowest BCUT2D eigenvalue weighted by Gasteiger charge is -2.19. The van der Waals surface area contributed by atoms with Crippen LogP contribution >= 0.6 is 11.8 Å². The van der Waals surface area contributed by atoms with E-state index in [0.717, 1.165) is 49.0 Å². The Balaban J connectivity index is 1.52. The Hall–Kier alpha value is -3.00. The summed E-state index contributed by atoms with van der Waals surface area (Å²) in [6.07, 6.45) is 2.31. The quantitative estimate of drug-likeness (QED) is 0.501. The first-order valence-corrected chi connectivity index (χ1v) is 11.9. The number of carbonyl (C=O) groups is 1. The van der Waals surface area contributed by atoms with Crippen LogP contribution in [-0.2, 0) is 4.79 Å². The zero-order chi connectivity index (χ0) is 22.5. The summed E-state index contributed by atoms with van der Waals surface area (Å²) in [5.41, 5.74) is 2.94. The van der Waals surface area contributed by atoms with Crippen LogP contribution < -0.4 is 15.0 Å². The van der Waals surface area contributed by atoms with E-state index in [0.29, 0.717) is 11.8 Å². The Morgan fingerprint density at radius 2 is 1.78 bits per heavy atom. The van der Waals surface area contributed by atoms with Gasteiger partial charge >= 0.3 is 0 Å². The molecule has 1 aliphatic rings. The third-order valence-corrected chi connectivity index (χ3v) is 6.42. The summed E-state index contributed by atoms with van der Waals surface area (Å²) in [4.78, 5) is 15.1. The molecule has 1 aromatic heterocycles. The molecule has 2 heterocycles. The number of ether oxygens (including phenoxy) is 1. The normalized spacial score (nSPS) is 14.4. The van der Waals surface area contributed by atoms with Crippen LogP contribution in [0.25, 0.3) is 5.69 Å². The zero-order valence-corrected chi connectivity index (χ0v) is 19.6. The van der Waals surface area contributed by atoms with Gasteiger partial charge in [0.2, 0.25) is 11.9 Å². The van der Waals surface area contributed by atoms with Gasteiger partial charge < -0.3 is 15.0 Å². The molecule has 0 saturated carbocycles. The smallest absolute Gasteiger partial charge is 0.237 e. The van der Waals surface area contributed by atoms with Crippen LogP contribution in [-0.4, -0.2) is 45.6 Å². The van der Waals surface area contributed by atoms with Crippen molar-refractivity contribution in [2.24, 2.45) is 0 Å². The van der Waals surface area contributed by atoms with Crippen molar-refractivity contribution >= 4 is 29.3 Å². The van der Waals surface area contributed by atoms with Crippen LogP contribution in [0.5, 0.6) is 5.75 Å². The second kappa shape index (κ2) is 10.1. The molecule has 7 nitrogen and oxygen atoms in total. The van der Waals surface area contributed by atoms with Gasteiger partial charge in [-0.15, -0.1) is 10.2 Å². The van der Waals surface area contributed by atoms with Crippen molar-refractivity contribution in [2.75, 3.05) is 29.9 Å². The molecule has 1 unspecified atom stereocenters. The largest absolute Gasteiger partial charge is 0.494 e. The molecule has 8 heteroatoms. The lowest BCUT2D eigenvalue weighted by molar-refractivity contribution is -0.115. The number of benzene rings is 2. The lowest BCUT2D eigenvalue weighted by Crippen LogP contribution is -2.24. The second-order valence-corrected chi connectivity index (χ2v) is 9.16. The third-order valence-electron chi connectivity index (χ3n) is 5.38. The summed E-state index contributed by atoms with van der Waals surface area (Å²) >= 11 is 1.41. The minimum Gasteiger partial charge on any atom is -0.494 e. The molecule has 1 atom stereocenters. The van der Waals surface area contributed by atoms with Crippen LogP contribution in [0.2, 0.25) is 0 Å². The van der Waals surface area contributed by atoms with Gasteiger partial charge in [-0.3, -0.25) is 9.36 Å². The highest BCUT2D eigenvalue weighted by Crippen LogP contribution is 2.31. The van der Waals surface area contributed by atoms with Gasteiger partial charge in [-0.25, -0.2) is 0 Å². The van der Waals surface area contributed by atoms with E-state index in [1.807, 2.05) is 38.1 Å².